The van der Waals surface area contributed by atoms with Gasteiger partial charge < -0.3 is 14.2 Å². The Morgan fingerprint density at radius 3 is 2.12 bits per heavy atom. The molecule has 0 aliphatic carbocycles. The summed E-state index contributed by atoms with van der Waals surface area (Å²) in [5.74, 6) is -0.440. The van der Waals surface area contributed by atoms with Gasteiger partial charge in [0, 0.05) is 6.08 Å². The van der Waals surface area contributed by atoms with Gasteiger partial charge in [0.2, 0.25) is 6.79 Å². The molecule has 1 unspecified atom stereocenters. The highest BCUT2D eigenvalue weighted by Gasteiger charge is 2.10. The van der Waals surface area contributed by atoms with E-state index < -0.39 is 5.97 Å². The number of hydrogen-bond donors (Lipinski definition) is 0. The molecule has 1 rings (SSSR count). The molecule has 0 N–H and O–H groups in total. The Kier molecular flexibility index (Phi) is 19.3. The van der Waals surface area contributed by atoms with Crippen LogP contribution < -0.4 is 4.74 Å². The van der Waals surface area contributed by atoms with Crippen LogP contribution in [-0.4, -0.2) is 24.8 Å². The average molecular weight is 342 g/mol. The predicted octanol–water partition coefficient (Wildman–Crippen LogP) is 5.25. The van der Waals surface area contributed by atoms with Crippen molar-refractivity contribution in [1.82, 2.24) is 0 Å². The molecular formula is C19H34O5. The second-order valence-electron chi connectivity index (χ2n) is 4.08. The molecule has 24 heavy (non-hydrogen) atoms. The Morgan fingerprint density at radius 2 is 1.67 bits per heavy atom. The van der Waals surface area contributed by atoms with Gasteiger partial charge in [-0.3, -0.25) is 0 Å². The van der Waals surface area contributed by atoms with Crippen LogP contribution in [0, 0.1) is 0 Å². The number of esters is 2. The van der Waals surface area contributed by atoms with Gasteiger partial charge in [-0.1, -0.05) is 43.2 Å². The Hall–Kier alpha value is -2.30. The van der Waals surface area contributed by atoms with E-state index in [1.54, 1.807) is 24.3 Å². The lowest BCUT2D eigenvalue weighted by Crippen LogP contribution is -2.14. The van der Waals surface area contributed by atoms with Gasteiger partial charge in [0.15, 0.2) is 0 Å². The molecule has 0 aliphatic rings. The van der Waals surface area contributed by atoms with Gasteiger partial charge in [-0.05, 0) is 37.6 Å². The van der Waals surface area contributed by atoms with Crippen LogP contribution in [0.25, 0.3) is 0 Å². The lowest BCUT2D eigenvalue weighted by molar-refractivity contribution is -0.144. The average Bonchev–Trinajstić information content (AvgIpc) is 2.47. The van der Waals surface area contributed by atoms with E-state index >= 15 is 0 Å². The zero-order valence-electron chi connectivity index (χ0n) is 11.6. The zero-order valence-corrected chi connectivity index (χ0v) is 11.6. The van der Waals surface area contributed by atoms with Crippen molar-refractivity contribution in [1.29, 1.82) is 0 Å². The quantitative estimate of drug-likeness (QED) is 0.384. The first-order valence-electron chi connectivity index (χ1n) is 6.29. The Balaban J connectivity index is -0.000000500. The third-order valence-corrected chi connectivity index (χ3v) is 2.57. The molecule has 0 fully saturated rings. The van der Waals surface area contributed by atoms with E-state index in [0.29, 0.717) is 11.3 Å². The van der Waals surface area contributed by atoms with Crippen molar-refractivity contribution in [3.8, 4) is 5.75 Å². The maximum absolute atomic E-state index is 11.7. The van der Waals surface area contributed by atoms with Crippen molar-refractivity contribution in [2.75, 3.05) is 6.79 Å². The summed E-state index contributed by atoms with van der Waals surface area (Å²) in [7, 11) is 0. The molecule has 0 spiro atoms. The first-order valence-corrected chi connectivity index (χ1v) is 6.29. The van der Waals surface area contributed by atoms with E-state index in [4.69, 9.17) is 9.47 Å². The highest BCUT2D eigenvalue weighted by atomic mass is 16.7. The molecule has 1 aromatic carbocycles. The van der Waals surface area contributed by atoms with Gasteiger partial charge in [0.05, 0.1) is 11.7 Å². The van der Waals surface area contributed by atoms with Gasteiger partial charge in [-0.2, -0.15) is 0 Å². The zero-order chi connectivity index (χ0) is 15.0. The molecule has 0 radical (unpaired) electrons. The molecule has 1 atom stereocenters. The highest BCUT2D eigenvalue weighted by Crippen LogP contribution is 2.14. The van der Waals surface area contributed by atoms with Crippen LogP contribution in [0.4, 0.5) is 0 Å². The maximum Gasteiger partial charge on any atom is 0.338 e. The van der Waals surface area contributed by atoms with Gasteiger partial charge in [0.25, 0.3) is 0 Å². The van der Waals surface area contributed by atoms with Crippen LogP contribution in [0.2, 0.25) is 0 Å². The number of rotatable bonds is 7. The third-order valence-electron chi connectivity index (χ3n) is 2.57. The van der Waals surface area contributed by atoms with Gasteiger partial charge in [-0.25, -0.2) is 9.59 Å². The van der Waals surface area contributed by atoms with Gasteiger partial charge in [-0.15, -0.1) is 0 Å². The first-order chi connectivity index (χ1) is 9.56. The van der Waals surface area contributed by atoms with Crippen molar-refractivity contribution in [3.05, 3.63) is 42.5 Å². The smallest absolute Gasteiger partial charge is 0.338 e. The van der Waals surface area contributed by atoms with Crippen molar-refractivity contribution in [2.24, 2.45) is 0 Å². The van der Waals surface area contributed by atoms with E-state index in [0.717, 1.165) is 12.5 Å². The molecule has 5 nitrogen and oxygen atoms in total. The minimum Gasteiger partial charge on any atom is -0.459 e. The number of hydrogen-bond acceptors (Lipinski definition) is 5. The van der Waals surface area contributed by atoms with Gasteiger partial charge >= 0.3 is 11.9 Å². The number of benzene rings is 1. The van der Waals surface area contributed by atoms with Crippen LogP contribution in [0.3, 0.4) is 0 Å². The second-order valence-corrected chi connectivity index (χ2v) is 4.08. The fourth-order valence-electron chi connectivity index (χ4n) is 1.24. The Bertz CT molecular complexity index is 465. The summed E-state index contributed by atoms with van der Waals surface area (Å²) in [5, 5.41) is 0. The highest BCUT2D eigenvalue weighted by molar-refractivity contribution is 5.89. The number of ether oxygens (including phenoxy) is 3. The normalized spacial score (nSPS) is 9.42. The lowest BCUT2D eigenvalue weighted by Gasteiger charge is -2.11. The molecule has 1 aromatic rings. The molecule has 0 amide bonds. The van der Waals surface area contributed by atoms with Crippen LogP contribution >= 0.6 is 0 Å². The number of carbonyl (C=O) groups is 2. The molecule has 0 saturated heterocycles. The summed E-state index contributed by atoms with van der Waals surface area (Å²) in [6.07, 6.45) is 1.70. The summed E-state index contributed by atoms with van der Waals surface area (Å²) in [6, 6.07) is 6.40. The van der Waals surface area contributed by atoms with E-state index in [9.17, 15) is 9.59 Å². The summed E-state index contributed by atoms with van der Waals surface area (Å²) < 4.78 is 15.0. The largest absolute Gasteiger partial charge is 0.459 e. The van der Waals surface area contributed by atoms with Crippen LogP contribution in [0.5, 0.6) is 5.75 Å². The third kappa shape index (κ3) is 10.4. The molecule has 0 aliphatic heterocycles. The standard InChI is InChI=1S/C15H18O5.4CH4/c1-4-11(3)20-15(17)12-6-8-13(9-7-12)18-10-19-14(16)5-2;;;;/h5-9,11H,2,4,10H2,1,3H3;4*1H4. The number of carbonyl (C=O) groups excluding carboxylic acids is 2. The Morgan fingerprint density at radius 1 is 1.12 bits per heavy atom. The van der Waals surface area contributed by atoms with Crippen LogP contribution in [0.15, 0.2) is 36.9 Å². The van der Waals surface area contributed by atoms with E-state index in [2.05, 4.69) is 11.3 Å². The maximum atomic E-state index is 11.7. The topological polar surface area (TPSA) is 61.8 Å². The van der Waals surface area contributed by atoms with E-state index in [1.165, 1.54) is 0 Å². The van der Waals surface area contributed by atoms with Crippen molar-refractivity contribution in [2.45, 2.75) is 56.1 Å². The molecule has 0 saturated carbocycles. The van der Waals surface area contributed by atoms with Crippen molar-refractivity contribution in [3.63, 3.8) is 0 Å². The summed E-state index contributed by atoms with van der Waals surface area (Å²) in [4.78, 5) is 22.5. The fraction of sp³-hybridized carbons (Fsp3) is 0.474. The molecule has 0 aromatic heterocycles. The van der Waals surface area contributed by atoms with Crippen molar-refractivity contribution < 1.29 is 23.8 Å². The minimum atomic E-state index is -0.557. The summed E-state index contributed by atoms with van der Waals surface area (Å²) in [5.41, 5.74) is 0.445. The van der Waals surface area contributed by atoms with E-state index in [1.807, 2.05) is 13.8 Å². The molecule has 0 heterocycles. The molecule has 0 bridgehead atoms. The predicted molar refractivity (Wildman–Crippen MR) is 100 cm³/mol. The first kappa shape index (κ1) is 29.7. The van der Waals surface area contributed by atoms with Crippen LogP contribution in [0.1, 0.15) is 60.3 Å². The fourth-order valence-corrected chi connectivity index (χ4v) is 1.24. The van der Waals surface area contributed by atoms with Gasteiger partial charge in [0.1, 0.15) is 5.75 Å². The monoisotopic (exact) mass is 342 g/mol. The van der Waals surface area contributed by atoms with E-state index in [-0.39, 0.29) is 48.6 Å². The van der Waals surface area contributed by atoms with Crippen LogP contribution in [-0.2, 0) is 14.3 Å². The second kappa shape index (κ2) is 15.6. The molecule has 5 heteroatoms. The van der Waals surface area contributed by atoms with Crippen molar-refractivity contribution >= 4 is 11.9 Å². The minimum absolute atomic E-state index is 0. The summed E-state index contributed by atoms with van der Waals surface area (Å²) >= 11 is 0. The molecule has 140 valence electrons. The lowest BCUT2D eigenvalue weighted by atomic mass is 10.2. The molecular weight excluding hydrogens is 308 g/mol. The SMILES string of the molecule is C.C.C.C.C=CC(=O)OCOc1ccc(C(=O)OC(C)CC)cc1. The Labute approximate surface area is 147 Å². The summed E-state index contributed by atoms with van der Waals surface area (Å²) in [6.45, 7) is 6.84.